The molecule has 0 saturated carbocycles. The molecular weight excluding hydrogens is 344 g/mol. The summed E-state index contributed by atoms with van der Waals surface area (Å²) in [6.07, 6.45) is 3.21. The Morgan fingerprint density at radius 1 is 1.12 bits per heavy atom. The van der Waals surface area contributed by atoms with Crippen molar-refractivity contribution in [1.82, 2.24) is 0 Å². The zero-order valence-electron chi connectivity index (χ0n) is 17.0. The van der Waals surface area contributed by atoms with Crippen molar-refractivity contribution >= 4 is 27.5 Å². The van der Waals surface area contributed by atoms with Crippen LogP contribution in [0.4, 0.5) is 0 Å². The van der Waals surface area contributed by atoms with Crippen LogP contribution >= 0.6 is 0 Å². The van der Waals surface area contributed by atoms with Gasteiger partial charge in [0.1, 0.15) is 6.10 Å². The molecule has 0 spiro atoms. The Morgan fingerprint density at radius 2 is 1.64 bits per heavy atom. The molecule has 0 aromatic heterocycles. The molecule has 0 saturated heterocycles. The van der Waals surface area contributed by atoms with Crippen molar-refractivity contribution in [1.29, 1.82) is 0 Å². The van der Waals surface area contributed by atoms with Crippen LogP contribution in [0.2, 0.25) is 36.8 Å². The Bertz CT molecular complexity index is 601. The highest BCUT2D eigenvalue weighted by Gasteiger charge is 2.47. The minimum Gasteiger partial charge on any atom is -0.479 e. The standard InChI is InChI=1S/C20H34O3Si2/c1-9-13-17(24(5,6)16-14-11-10-12-15-16)18(19(21)22)23-25(7,8)20(2,3)4/h9-15,17-18H,1-8H3,(H,21,22)/b13-9+/t17-,18-/m1/s1. The third kappa shape index (κ3) is 5.15. The molecule has 1 rings (SSSR count). The monoisotopic (exact) mass is 378 g/mol. The minimum absolute atomic E-state index is 0.0282. The second-order valence-corrected chi connectivity index (χ2v) is 18.2. The van der Waals surface area contributed by atoms with Gasteiger partial charge in [-0.3, -0.25) is 0 Å². The van der Waals surface area contributed by atoms with Crippen molar-refractivity contribution in [3.05, 3.63) is 42.5 Å². The van der Waals surface area contributed by atoms with E-state index in [9.17, 15) is 9.90 Å². The predicted molar refractivity (Wildman–Crippen MR) is 112 cm³/mol. The fourth-order valence-electron chi connectivity index (χ4n) is 2.76. The summed E-state index contributed by atoms with van der Waals surface area (Å²) in [7, 11) is -4.28. The maximum atomic E-state index is 12.2. The van der Waals surface area contributed by atoms with E-state index in [2.05, 4.69) is 59.1 Å². The van der Waals surface area contributed by atoms with Gasteiger partial charge in [-0.05, 0) is 25.1 Å². The smallest absolute Gasteiger partial charge is 0.331 e. The van der Waals surface area contributed by atoms with Crippen molar-refractivity contribution in [2.45, 2.75) is 70.6 Å². The lowest BCUT2D eigenvalue weighted by Crippen LogP contribution is -2.55. The van der Waals surface area contributed by atoms with Crippen LogP contribution in [0.5, 0.6) is 0 Å². The highest BCUT2D eigenvalue weighted by Crippen LogP contribution is 2.40. The number of hydrogen-bond donors (Lipinski definition) is 1. The Labute approximate surface area is 155 Å². The van der Waals surface area contributed by atoms with Crippen LogP contribution in [0.15, 0.2) is 42.5 Å². The Kier molecular flexibility index (Phi) is 7.01. The molecule has 5 heteroatoms. The topological polar surface area (TPSA) is 46.5 Å². The first-order valence-corrected chi connectivity index (χ1v) is 14.9. The summed E-state index contributed by atoms with van der Waals surface area (Å²) in [6, 6.07) is 10.3. The van der Waals surface area contributed by atoms with Crippen LogP contribution in [0.3, 0.4) is 0 Å². The van der Waals surface area contributed by atoms with Crippen molar-refractivity contribution in [2.75, 3.05) is 0 Å². The lowest BCUT2D eigenvalue weighted by molar-refractivity contribution is -0.145. The summed E-state index contributed by atoms with van der Waals surface area (Å²) < 4.78 is 6.41. The lowest BCUT2D eigenvalue weighted by Gasteiger charge is -2.42. The van der Waals surface area contributed by atoms with Gasteiger partial charge in [-0.15, -0.1) is 0 Å². The van der Waals surface area contributed by atoms with Gasteiger partial charge in [0.2, 0.25) is 0 Å². The largest absolute Gasteiger partial charge is 0.479 e. The van der Waals surface area contributed by atoms with Crippen LogP contribution in [-0.4, -0.2) is 33.6 Å². The molecule has 0 aliphatic heterocycles. The van der Waals surface area contributed by atoms with Gasteiger partial charge in [-0.25, -0.2) is 4.79 Å². The fourth-order valence-corrected chi connectivity index (χ4v) is 7.21. The summed E-state index contributed by atoms with van der Waals surface area (Å²) in [4.78, 5) is 12.2. The van der Waals surface area contributed by atoms with Gasteiger partial charge in [0, 0.05) is 5.54 Å². The third-order valence-electron chi connectivity index (χ3n) is 5.55. The molecular formula is C20H34O3Si2. The average Bonchev–Trinajstić information content (AvgIpc) is 2.50. The van der Waals surface area contributed by atoms with Gasteiger partial charge in [-0.1, -0.05) is 81.5 Å². The maximum Gasteiger partial charge on any atom is 0.331 e. The number of hydrogen-bond acceptors (Lipinski definition) is 2. The van der Waals surface area contributed by atoms with Crippen LogP contribution in [0.1, 0.15) is 27.7 Å². The molecule has 1 aromatic rings. The molecule has 1 aromatic carbocycles. The Hall–Kier alpha value is -1.18. The van der Waals surface area contributed by atoms with Crippen LogP contribution in [-0.2, 0) is 9.22 Å². The van der Waals surface area contributed by atoms with Gasteiger partial charge in [-0.2, -0.15) is 0 Å². The predicted octanol–water partition coefficient (Wildman–Crippen LogP) is 5.02. The summed E-state index contributed by atoms with van der Waals surface area (Å²) in [6.45, 7) is 17.1. The molecule has 0 bridgehead atoms. The molecule has 0 aliphatic carbocycles. The number of carbonyl (C=O) groups is 1. The minimum atomic E-state index is -2.19. The lowest BCUT2D eigenvalue weighted by atomic mass is 10.2. The second kappa shape index (κ2) is 8.02. The van der Waals surface area contributed by atoms with Crippen molar-refractivity contribution in [3.63, 3.8) is 0 Å². The van der Waals surface area contributed by atoms with E-state index in [1.807, 2.05) is 37.3 Å². The van der Waals surface area contributed by atoms with Crippen LogP contribution in [0.25, 0.3) is 0 Å². The highest BCUT2D eigenvalue weighted by molar-refractivity contribution is 6.91. The molecule has 0 fully saturated rings. The second-order valence-electron chi connectivity index (χ2n) is 8.78. The number of allylic oxidation sites excluding steroid dienone is 1. The number of carboxylic acid groups (broad SMARTS) is 1. The molecule has 0 unspecified atom stereocenters. The van der Waals surface area contributed by atoms with E-state index in [4.69, 9.17) is 4.43 Å². The van der Waals surface area contributed by atoms with Crippen molar-refractivity contribution in [2.24, 2.45) is 0 Å². The molecule has 1 N–H and O–H groups in total. The molecule has 0 aliphatic rings. The summed E-state index contributed by atoms with van der Waals surface area (Å²) in [5.74, 6) is -0.857. The Morgan fingerprint density at radius 3 is 2.04 bits per heavy atom. The van der Waals surface area contributed by atoms with Crippen molar-refractivity contribution < 1.29 is 14.3 Å². The van der Waals surface area contributed by atoms with Gasteiger partial charge in [0.25, 0.3) is 0 Å². The number of benzene rings is 1. The molecule has 2 atom stereocenters. The Balaban J connectivity index is 3.35. The zero-order valence-corrected chi connectivity index (χ0v) is 19.0. The van der Waals surface area contributed by atoms with E-state index in [1.54, 1.807) is 0 Å². The SMILES string of the molecule is C/C=C/[C@H]([C@@H](O[Si](C)(C)C(C)(C)C)C(=O)O)[Si](C)(C)c1ccccc1. The van der Waals surface area contributed by atoms with Crippen LogP contribution < -0.4 is 5.19 Å². The first-order valence-electron chi connectivity index (χ1n) is 8.93. The first kappa shape index (κ1) is 21.9. The van der Waals surface area contributed by atoms with Crippen molar-refractivity contribution in [3.8, 4) is 0 Å². The maximum absolute atomic E-state index is 12.2. The molecule has 0 heterocycles. The van der Waals surface area contributed by atoms with E-state index >= 15 is 0 Å². The summed E-state index contributed by atoms with van der Waals surface area (Å²) in [5.41, 5.74) is -0.119. The average molecular weight is 379 g/mol. The number of rotatable bonds is 7. The summed E-state index contributed by atoms with van der Waals surface area (Å²) >= 11 is 0. The van der Waals surface area contributed by atoms with E-state index in [0.717, 1.165) is 0 Å². The van der Waals surface area contributed by atoms with E-state index < -0.39 is 28.5 Å². The van der Waals surface area contributed by atoms with Gasteiger partial charge < -0.3 is 9.53 Å². The van der Waals surface area contributed by atoms with Gasteiger partial charge in [0.05, 0.1) is 8.07 Å². The number of aliphatic carboxylic acids is 1. The quantitative estimate of drug-likeness (QED) is 0.535. The third-order valence-corrected chi connectivity index (χ3v) is 14.0. The molecule has 0 radical (unpaired) electrons. The van der Waals surface area contributed by atoms with E-state index in [-0.39, 0.29) is 10.6 Å². The van der Waals surface area contributed by atoms with Gasteiger partial charge in [0.15, 0.2) is 8.32 Å². The molecule has 140 valence electrons. The van der Waals surface area contributed by atoms with Crippen LogP contribution in [0, 0.1) is 0 Å². The molecule has 0 amide bonds. The van der Waals surface area contributed by atoms with E-state index in [0.29, 0.717) is 0 Å². The van der Waals surface area contributed by atoms with Gasteiger partial charge >= 0.3 is 5.97 Å². The summed E-state index contributed by atoms with van der Waals surface area (Å²) in [5, 5.41) is 11.2. The highest BCUT2D eigenvalue weighted by atomic mass is 28.4. The normalized spacial score (nSPS) is 16.0. The fraction of sp³-hybridized carbons (Fsp3) is 0.550. The molecule has 3 nitrogen and oxygen atoms in total. The zero-order chi connectivity index (χ0) is 19.5. The van der Waals surface area contributed by atoms with E-state index in [1.165, 1.54) is 5.19 Å². The molecule has 25 heavy (non-hydrogen) atoms. The number of carboxylic acids is 1. The first-order chi connectivity index (χ1) is 11.3.